The second-order valence-electron chi connectivity index (χ2n) is 8.90. The molecule has 0 aliphatic carbocycles. The Morgan fingerprint density at radius 2 is 0.737 bits per heavy atom. The van der Waals surface area contributed by atoms with Crippen LogP contribution < -0.4 is 0 Å². The molecule has 0 rings (SSSR count). The van der Waals surface area contributed by atoms with E-state index in [1.807, 2.05) is 0 Å². The van der Waals surface area contributed by atoms with Gasteiger partial charge in [-0.15, -0.1) is 0 Å². The maximum Gasteiger partial charge on any atom is 0.639 e. The van der Waals surface area contributed by atoms with Crippen molar-refractivity contribution in [2.45, 2.75) is 62.3 Å². The average molecular weight is 272 g/mol. The van der Waals surface area contributed by atoms with Gasteiger partial charge >= 0.3 is 7.32 Å². The summed E-state index contributed by atoms with van der Waals surface area (Å²) in [7, 11) is -0.572. The molecule has 0 amide bonds. The molecule has 0 saturated carbocycles. The van der Waals surface area contributed by atoms with Crippen LogP contribution in [-0.4, -0.2) is 27.1 Å². The maximum absolute atomic E-state index is 5.75. The molecule has 3 nitrogen and oxygen atoms in total. The molecular weight excluding hydrogens is 239 g/mol. The van der Waals surface area contributed by atoms with Crippen molar-refractivity contribution in [2.75, 3.05) is 19.8 Å². The number of hydrogen-bond donors (Lipinski definition) is 0. The molecule has 0 aliphatic heterocycles. The quantitative estimate of drug-likeness (QED) is 0.679. The number of rotatable bonds is 6. The van der Waals surface area contributed by atoms with Gasteiger partial charge < -0.3 is 14.0 Å². The first kappa shape index (κ1) is 18.9. The topological polar surface area (TPSA) is 27.7 Å². The number of hydrogen-bond acceptors (Lipinski definition) is 3. The minimum absolute atomic E-state index is 0.106. The van der Waals surface area contributed by atoms with Crippen molar-refractivity contribution < 1.29 is 14.0 Å². The first-order valence-corrected chi connectivity index (χ1v) is 7.13. The highest BCUT2D eigenvalue weighted by Gasteiger charge is 2.28. The van der Waals surface area contributed by atoms with Crippen LogP contribution >= 0.6 is 0 Å². The van der Waals surface area contributed by atoms with E-state index in [4.69, 9.17) is 14.0 Å². The van der Waals surface area contributed by atoms with Crippen LogP contribution in [0.3, 0.4) is 0 Å². The predicted molar refractivity (Wildman–Crippen MR) is 82.0 cm³/mol. The largest absolute Gasteiger partial charge is 0.639 e. The lowest BCUT2D eigenvalue weighted by molar-refractivity contribution is 0.0307. The molecule has 0 N–H and O–H groups in total. The molecule has 0 spiro atoms. The zero-order chi connectivity index (χ0) is 15.3. The Morgan fingerprint density at radius 1 is 0.526 bits per heavy atom. The molecule has 0 saturated heterocycles. The van der Waals surface area contributed by atoms with Gasteiger partial charge in [0.05, 0.1) is 0 Å². The van der Waals surface area contributed by atoms with E-state index in [1.165, 1.54) is 0 Å². The molecule has 0 aromatic carbocycles. The predicted octanol–water partition coefficient (Wildman–Crippen LogP) is 4.16. The molecule has 19 heavy (non-hydrogen) atoms. The zero-order valence-electron chi connectivity index (χ0n) is 14.4. The fourth-order valence-electron chi connectivity index (χ4n) is 1.10. The summed E-state index contributed by atoms with van der Waals surface area (Å²) in [6, 6.07) is 0. The van der Waals surface area contributed by atoms with Crippen LogP contribution in [0.2, 0.25) is 0 Å². The van der Waals surface area contributed by atoms with Crippen molar-refractivity contribution in [3.63, 3.8) is 0 Å². The summed E-state index contributed by atoms with van der Waals surface area (Å²) < 4.78 is 17.3. The summed E-state index contributed by atoms with van der Waals surface area (Å²) in [6.45, 7) is 21.1. The second kappa shape index (κ2) is 7.10. The van der Waals surface area contributed by atoms with Crippen molar-refractivity contribution in [1.29, 1.82) is 0 Å². The summed E-state index contributed by atoms with van der Waals surface area (Å²) >= 11 is 0. The summed E-state index contributed by atoms with van der Waals surface area (Å²) in [5, 5.41) is 0. The molecule has 114 valence electrons. The fourth-order valence-corrected chi connectivity index (χ4v) is 1.10. The fraction of sp³-hybridized carbons (Fsp3) is 1.00. The van der Waals surface area contributed by atoms with Gasteiger partial charge in [-0.05, 0) is 16.2 Å². The second-order valence-corrected chi connectivity index (χ2v) is 8.90. The van der Waals surface area contributed by atoms with Crippen LogP contribution in [-0.2, 0) is 14.0 Å². The van der Waals surface area contributed by atoms with Crippen LogP contribution in [0, 0.1) is 16.2 Å². The molecule has 4 heteroatoms. The van der Waals surface area contributed by atoms with Gasteiger partial charge in [0.25, 0.3) is 0 Å². The summed E-state index contributed by atoms with van der Waals surface area (Å²) in [5.74, 6) is 0. The van der Waals surface area contributed by atoms with Crippen LogP contribution in [0.5, 0.6) is 0 Å². The monoisotopic (exact) mass is 272 g/mol. The third-order valence-corrected chi connectivity index (χ3v) is 1.96. The molecule has 0 aliphatic rings. The molecule has 0 atom stereocenters. The average Bonchev–Trinajstić information content (AvgIpc) is 2.11. The summed E-state index contributed by atoms with van der Waals surface area (Å²) in [4.78, 5) is 0. The molecule has 0 fully saturated rings. The Bertz CT molecular complexity index is 203. The van der Waals surface area contributed by atoms with Crippen LogP contribution in [0.4, 0.5) is 0 Å². The van der Waals surface area contributed by atoms with Gasteiger partial charge in [0.15, 0.2) is 0 Å². The third-order valence-electron chi connectivity index (χ3n) is 1.96. The van der Waals surface area contributed by atoms with Gasteiger partial charge in [-0.25, -0.2) is 0 Å². The summed E-state index contributed by atoms with van der Waals surface area (Å²) in [5.41, 5.74) is 0.317. The van der Waals surface area contributed by atoms with E-state index in [0.717, 1.165) is 0 Å². The highest BCUT2D eigenvalue weighted by Crippen LogP contribution is 2.19. The van der Waals surface area contributed by atoms with Crippen molar-refractivity contribution in [1.82, 2.24) is 0 Å². The standard InChI is InChI=1S/C15H33BO3/c1-13(2,3)10-17-16(18-11-14(4,5)6)19-12-15(7,8)9/h10-12H2,1-9H3. The van der Waals surface area contributed by atoms with E-state index >= 15 is 0 Å². The van der Waals surface area contributed by atoms with Gasteiger partial charge in [0.1, 0.15) is 0 Å². The molecule has 0 radical (unpaired) electrons. The molecule has 0 aromatic rings. The lowest BCUT2D eigenvalue weighted by Gasteiger charge is -2.26. The molecule has 0 unspecified atom stereocenters. The first-order chi connectivity index (χ1) is 8.29. The molecule has 0 bridgehead atoms. The molecule has 0 aromatic heterocycles. The molecule has 0 heterocycles. The Kier molecular flexibility index (Phi) is 7.08. The Morgan fingerprint density at radius 3 is 0.895 bits per heavy atom. The van der Waals surface area contributed by atoms with Crippen LogP contribution in [0.1, 0.15) is 62.3 Å². The van der Waals surface area contributed by atoms with Gasteiger partial charge in [-0.1, -0.05) is 62.3 Å². The van der Waals surface area contributed by atoms with Crippen LogP contribution in [0.15, 0.2) is 0 Å². The minimum atomic E-state index is -0.572. The lowest BCUT2D eigenvalue weighted by Crippen LogP contribution is -2.36. The van der Waals surface area contributed by atoms with Crippen molar-refractivity contribution >= 4 is 7.32 Å². The van der Waals surface area contributed by atoms with Crippen molar-refractivity contribution in [3.05, 3.63) is 0 Å². The van der Waals surface area contributed by atoms with Gasteiger partial charge in [0.2, 0.25) is 0 Å². The molecular formula is C15H33BO3. The van der Waals surface area contributed by atoms with E-state index in [2.05, 4.69) is 62.3 Å². The third kappa shape index (κ3) is 14.2. The maximum atomic E-state index is 5.75. The lowest BCUT2D eigenvalue weighted by atomic mass is 9.96. The Hall–Kier alpha value is -0.0551. The van der Waals surface area contributed by atoms with Gasteiger partial charge in [-0.2, -0.15) is 0 Å². The zero-order valence-corrected chi connectivity index (χ0v) is 14.4. The smallest absolute Gasteiger partial charge is 0.385 e. The normalized spacial score (nSPS) is 13.7. The SMILES string of the molecule is CC(C)(C)COB(OCC(C)(C)C)OCC(C)(C)C. The van der Waals surface area contributed by atoms with Crippen molar-refractivity contribution in [3.8, 4) is 0 Å². The van der Waals surface area contributed by atoms with Crippen LogP contribution in [0.25, 0.3) is 0 Å². The highest BCUT2D eigenvalue weighted by molar-refractivity contribution is 6.36. The van der Waals surface area contributed by atoms with E-state index in [-0.39, 0.29) is 16.2 Å². The Balaban J connectivity index is 4.30. The van der Waals surface area contributed by atoms with E-state index in [1.54, 1.807) is 0 Å². The van der Waals surface area contributed by atoms with E-state index in [9.17, 15) is 0 Å². The van der Waals surface area contributed by atoms with Gasteiger partial charge in [-0.3, -0.25) is 0 Å². The minimum Gasteiger partial charge on any atom is -0.385 e. The highest BCUT2D eigenvalue weighted by atomic mass is 16.7. The van der Waals surface area contributed by atoms with E-state index in [0.29, 0.717) is 19.8 Å². The van der Waals surface area contributed by atoms with E-state index < -0.39 is 7.32 Å². The first-order valence-electron chi connectivity index (χ1n) is 7.13. The van der Waals surface area contributed by atoms with Crippen molar-refractivity contribution in [2.24, 2.45) is 16.2 Å². The van der Waals surface area contributed by atoms with Gasteiger partial charge in [0, 0.05) is 19.8 Å². The summed E-state index contributed by atoms with van der Waals surface area (Å²) in [6.07, 6.45) is 0. The Labute approximate surface area is 120 Å².